The molecule has 6 heteroatoms. The van der Waals surface area contributed by atoms with E-state index in [4.69, 9.17) is 5.73 Å². The van der Waals surface area contributed by atoms with Gasteiger partial charge >= 0.3 is 0 Å². The summed E-state index contributed by atoms with van der Waals surface area (Å²) in [5, 5.41) is 4.03. The largest absolute Gasteiger partial charge is 0.396 e. The van der Waals surface area contributed by atoms with Gasteiger partial charge in [-0.15, -0.1) is 0 Å². The van der Waals surface area contributed by atoms with Crippen LogP contribution in [0.5, 0.6) is 0 Å². The van der Waals surface area contributed by atoms with Crippen LogP contribution in [0.1, 0.15) is 13.8 Å². The van der Waals surface area contributed by atoms with Crippen molar-refractivity contribution in [3.05, 3.63) is 12.4 Å². The molecule has 102 valence electrons. The Morgan fingerprint density at radius 3 is 2.67 bits per heavy atom. The summed E-state index contributed by atoms with van der Waals surface area (Å²) in [4.78, 5) is 16.1. The van der Waals surface area contributed by atoms with Crippen molar-refractivity contribution in [2.75, 3.05) is 32.9 Å². The molecule has 0 spiro atoms. The summed E-state index contributed by atoms with van der Waals surface area (Å²) in [6.45, 7) is 5.83. The minimum atomic E-state index is 0.0648. The van der Waals surface area contributed by atoms with Crippen LogP contribution >= 0.6 is 0 Å². The number of carbonyl (C=O) groups excluding carboxylic acids is 1. The highest BCUT2D eigenvalue weighted by Crippen LogP contribution is 2.04. The molecular weight excluding hydrogens is 230 g/mol. The molecule has 0 aliphatic rings. The van der Waals surface area contributed by atoms with Gasteiger partial charge in [0.25, 0.3) is 0 Å². The maximum atomic E-state index is 12.2. The zero-order valence-electron chi connectivity index (χ0n) is 11.6. The molecule has 1 heterocycles. The molecule has 0 saturated heterocycles. The van der Waals surface area contributed by atoms with Crippen molar-refractivity contribution in [1.82, 2.24) is 19.6 Å². The third kappa shape index (κ3) is 4.03. The zero-order chi connectivity index (χ0) is 13.7. The first-order chi connectivity index (χ1) is 8.43. The highest BCUT2D eigenvalue weighted by Gasteiger charge is 2.19. The Bertz CT molecular complexity index is 388. The number of hydrogen-bond donors (Lipinski definition) is 1. The standard InChI is InChI=1S/C12H23N5O/c1-5-17(10(2)7-15(3)4)12(18)9-16-8-11(13)6-14-16/h6,8,10H,5,7,9,13H2,1-4H3. The van der Waals surface area contributed by atoms with Crippen molar-refractivity contribution in [3.8, 4) is 0 Å². The monoisotopic (exact) mass is 253 g/mol. The molecular formula is C12H23N5O. The molecule has 0 aliphatic heterocycles. The Kier molecular flexibility index (Phi) is 5.15. The van der Waals surface area contributed by atoms with Gasteiger partial charge in [-0.25, -0.2) is 0 Å². The van der Waals surface area contributed by atoms with E-state index in [9.17, 15) is 4.79 Å². The van der Waals surface area contributed by atoms with Crippen molar-refractivity contribution >= 4 is 11.6 Å². The van der Waals surface area contributed by atoms with Crippen molar-refractivity contribution in [2.24, 2.45) is 0 Å². The maximum absolute atomic E-state index is 12.2. The van der Waals surface area contributed by atoms with Gasteiger partial charge in [0.2, 0.25) is 5.91 Å². The van der Waals surface area contributed by atoms with Crippen molar-refractivity contribution < 1.29 is 4.79 Å². The van der Waals surface area contributed by atoms with E-state index in [2.05, 4.69) is 16.9 Å². The van der Waals surface area contributed by atoms with Crippen LogP contribution in [0.4, 0.5) is 5.69 Å². The molecule has 1 amide bonds. The Labute approximate surface area is 108 Å². The van der Waals surface area contributed by atoms with Crippen LogP contribution < -0.4 is 5.73 Å². The highest BCUT2D eigenvalue weighted by atomic mass is 16.2. The molecule has 1 unspecified atom stereocenters. The molecule has 0 saturated carbocycles. The lowest BCUT2D eigenvalue weighted by Crippen LogP contribution is -2.45. The minimum Gasteiger partial charge on any atom is -0.396 e. The van der Waals surface area contributed by atoms with E-state index in [0.717, 1.165) is 6.54 Å². The fourth-order valence-electron chi connectivity index (χ4n) is 2.06. The number of hydrogen-bond acceptors (Lipinski definition) is 4. The number of nitrogens with two attached hydrogens (primary N) is 1. The van der Waals surface area contributed by atoms with E-state index in [0.29, 0.717) is 12.2 Å². The molecule has 0 aromatic carbocycles. The van der Waals surface area contributed by atoms with Crippen LogP contribution in [0.2, 0.25) is 0 Å². The van der Waals surface area contributed by atoms with Crippen LogP contribution in [0, 0.1) is 0 Å². The lowest BCUT2D eigenvalue weighted by atomic mass is 10.2. The third-order valence-corrected chi connectivity index (χ3v) is 2.77. The lowest BCUT2D eigenvalue weighted by Gasteiger charge is -2.30. The van der Waals surface area contributed by atoms with Gasteiger partial charge in [0.15, 0.2) is 0 Å². The average molecular weight is 253 g/mol. The number of likely N-dealkylation sites (N-methyl/N-ethyl adjacent to an activating group) is 2. The van der Waals surface area contributed by atoms with E-state index >= 15 is 0 Å². The van der Waals surface area contributed by atoms with Crippen molar-refractivity contribution in [1.29, 1.82) is 0 Å². The topological polar surface area (TPSA) is 67.4 Å². The average Bonchev–Trinajstić information content (AvgIpc) is 2.63. The molecule has 1 rings (SSSR count). The summed E-state index contributed by atoms with van der Waals surface area (Å²) in [6, 6.07) is 0.186. The first-order valence-electron chi connectivity index (χ1n) is 6.16. The zero-order valence-corrected chi connectivity index (χ0v) is 11.6. The van der Waals surface area contributed by atoms with Gasteiger partial charge in [0.05, 0.1) is 11.9 Å². The highest BCUT2D eigenvalue weighted by molar-refractivity contribution is 5.76. The molecule has 18 heavy (non-hydrogen) atoms. The van der Waals surface area contributed by atoms with Crippen molar-refractivity contribution in [3.63, 3.8) is 0 Å². The van der Waals surface area contributed by atoms with Gasteiger partial charge in [0, 0.05) is 25.3 Å². The minimum absolute atomic E-state index is 0.0648. The maximum Gasteiger partial charge on any atom is 0.244 e. The number of rotatable bonds is 6. The van der Waals surface area contributed by atoms with Gasteiger partial charge < -0.3 is 15.5 Å². The van der Waals surface area contributed by atoms with E-state index in [1.54, 1.807) is 17.1 Å². The molecule has 1 aromatic rings. The molecule has 0 fully saturated rings. The molecule has 1 atom stereocenters. The van der Waals surface area contributed by atoms with E-state index < -0.39 is 0 Å². The Balaban J connectivity index is 2.61. The van der Waals surface area contributed by atoms with Gasteiger partial charge in [-0.1, -0.05) is 0 Å². The summed E-state index contributed by atoms with van der Waals surface area (Å²) in [6.07, 6.45) is 3.22. The van der Waals surface area contributed by atoms with Crippen LogP contribution in [0.3, 0.4) is 0 Å². The fraction of sp³-hybridized carbons (Fsp3) is 0.667. The Morgan fingerprint density at radius 1 is 1.56 bits per heavy atom. The van der Waals surface area contributed by atoms with Gasteiger partial charge in [0.1, 0.15) is 6.54 Å². The molecule has 2 N–H and O–H groups in total. The van der Waals surface area contributed by atoms with Crippen LogP contribution in [0.15, 0.2) is 12.4 Å². The van der Waals surface area contributed by atoms with Gasteiger partial charge in [-0.2, -0.15) is 5.10 Å². The van der Waals surface area contributed by atoms with Crippen LogP contribution in [-0.4, -0.2) is 58.7 Å². The van der Waals surface area contributed by atoms with Crippen molar-refractivity contribution in [2.45, 2.75) is 26.4 Å². The predicted octanol–water partition coefficient (Wildman–Crippen LogP) is 0.264. The summed E-state index contributed by atoms with van der Waals surface area (Å²) < 4.78 is 1.57. The van der Waals surface area contributed by atoms with Crippen LogP contribution in [-0.2, 0) is 11.3 Å². The number of nitrogen functional groups attached to an aromatic ring is 1. The fourth-order valence-corrected chi connectivity index (χ4v) is 2.06. The quantitative estimate of drug-likeness (QED) is 0.790. The smallest absolute Gasteiger partial charge is 0.244 e. The normalized spacial score (nSPS) is 12.7. The first kappa shape index (κ1) is 14.5. The van der Waals surface area contributed by atoms with Gasteiger partial charge in [-0.05, 0) is 27.9 Å². The first-order valence-corrected chi connectivity index (χ1v) is 6.16. The van der Waals surface area contributed by atoms with E-state index in [1.165, 1.54) is 0 Å². The summed E-state index contributed by atoms with van der Waals surface area (Å²) in [5.74, 6) is 0.0648. The summed E-state index contributed by atoms with van der Waals surface area (Å²) >= 11 is 0. The van der Waals surface area contributed by atoms with E-state index in [-0.39, 0.29) is 18.5 Å². The molecule has 0 aliphatic carbocycles. The van der Waals surface area contributed by atoms with E-state index in [1.807, 2.05) is 25.9 Å². The molecule has 1 aromatic heterocycles. The Morgan fingerprint density at radius 2 is 2.22 bits per heavy atom. The third-order valence-electron chi connectivity index (χ3n) is 2.77. The second-order valence-electron chi connectivity index (χ2n) is 4.76. The SMILES string of the molecule is CCN(C(=O)Cn1cc(N)cn1)C(C)CN(C)C. The Hall–Kier alpha value is -1.56. The van der Waals surface area contributed by atoms with Gasteiger partial charge in [-0.3, -0.25) is 9.48 Å². The van der Waals surface area contributed by atoms with Crippen LogP contribution in [0.25, 0.3) is 0 Å². The summed E-state index contributed by atoms with van der Waals surface area (Å²) in [7, 11) is 4.01. The summed E-state index contributed by atoms with van der Waals surface area (Å²) in [5.41, 5.74) is 6.15. The second kappa shape index (κ2) is 6.39. The molecule has 6 nitrogen and oxygen atoms in total. The molecule has 0 bridgehead atoms. The molecule has 0 radical (unpaired) electrons. The second-order valence-corrected chi connectivity index (χ2v) is 4.76. The number of nitrogens with zero attached hydrogens (tertiary/aromatic N) is 4. The number of aromatic nitrogens is 2. The predicted molar refractivity (Wildman–Crippen MR) is 72.0 cm³/mol. The number of amides is 1. The lowest BCUT2D eigenvalue weighted by molar-refractivity contribution is -0.134. The number of carbonyl (C=O) groups is 1. The number of anilines is 1.